The maximum absolute atomic E-state index is 11.8. The summed E-state index contributed by atoms with van der Waals surface area (Å²) in [6, 6.07) is -1.38. The van der Waals surface area contributed by atoms with E-state index in [4.69, 9.17) is 39.5 Å². The minimum absolute atomic E-state index is 0.337. The van der Waals surface area contributed by atoms with Gasteiger partial charge in [-0.3, -0.25) is 14.4 Å². The normalized spacial score (nSPS) is 34.8. The Morgan fingerprint density at radius 3 is 2.00 bits per heavy atom. The summed E-state index contributed by atoms with van der Waals surface area (Å²) in [7, 11) is 0. The van der Waals surface area contributed by atoms with Crippen LogP contribution in [-0.4, -0.2) is 84.8 Å². The molecule has 2 rings (SSSR count). The van der Waals surface area contributed by atoms with Gasteiger partial charge in [0.1, 0.15) is 18.2 Å². The van der Waals surface area contributed by atoms with Crippen molar-refractivity contribution in [2.45, 2.75) is 89.4 Å². The first-order valence-corrected chi connectivity index (χ1v) is 10.3. The fourth-order valence-corrected chi connectivity index (χ4v) is 3.78. The largest absolute Gasteiger partial charge is 0.458 e. The van der Waals surface area contributed by atoms with Crippen molar-refractivity contribution in [1.29, 1.82) is 0 Å². The molecule has 16 heteroatoms. The summed E-state index contributed by atoms with van der Waals surface area (Å²) in [5, 5.41) is 17.3. The van der Waals surface area contributed by atoms with E-state index in [1.165, 1.54) is 0 Å². The van der Waals surface area contributed by atoms with Crippen LogP contribution in [0, 0.1) is 0 Å². The first-order valence-electron chi connectivity index (χ1n) is 10.3. The summed E-state index contributed by atoms with van der Waals surface area (Å²) in [6.45, 7) is 4.71. The van der Waals surface area contributed by atoms with Crippen LogP contribution < -0.4 is 0 Å². The van der Waals surface area contributed by atoms with Gasteiger partial charge in [0.05, 0.1) is 12.6 Å². The van der Waals surface area contributed by atoms with Crippen LogP contribution in [0.1, 0.15) is 34.1 Å². The lowest BCUT2D eigenvalue weighted by Crippen LogP contribution is -2.62. The smallest absolute Gasteiger partial charge is 0.303 e. The first-order chi connectivity index (χ1) is 16.1. The molecule has 0 aliphatic carbocycles. The topological polar surface area (TPSA) is 224 Å². The summed E-state index contributed by atoms with van der Waals surface area (Å²) >= 11 is 0. The number of ether oxygens (including phenoxy) is 6. The Labute approximate surface area is 193 Å². The number of aliphatic hydroxyl groups excluding tert-OH is 1. The van der Waals surface area contributed by atoms with Crippen molar-refractivity contribution in [3.8, 4) is 0 Å². The second-order valence-electron chi connectivity index (χ2n) is 7.45. The van der Waals surface area contributed by atoms with Gasteiger partial charge >= 0.3 is 17.9 Å². The van der Waals surface area contributed by atoms with Gasteiger partial charge in [-0.1, -0.05) is 17.2 Å². The Kier molecular flexibility index (Phi) is 9.86. The van der Waals surface area contributed by atoms with E-state index >= 15 is 0 Å². The van der Waals surface area contributed by atoms with Gasteiger partial charge in [-0.25, -0.2) is 0 Å². The molecule has 0 amide bonds. The van der Waals surface area contributed by atoms with Crippen molar-refractivity contribution < 1.29 is 47.9 Å². The summed E-state index contributed by atoms with van der Waals surface area (Å²) in [6.07, 6.45) is -9.55. The fourth-order valence-electron chi connectivity index (χ4n) is 3.78. The van der Waals surface area contributed by atoms with Gasteiger partial charge in [0.25, 0.3) is 0 Å². The number of aliphatic hydroxyl groups is 1. The lowest BCUT2D eigenvalue weighted by atomic mass is 9.96. The minimum Gasteiger partial charge on any atom is -0.458 e. The molecule has 0 aromatic carbocycles. The zero-order valence-electron chi connectivity index (χ0n) is 18.9. The molecule has 1 N–H and O–H groups in total. The highest BCUT2D eigenvalue weighted by Gasteiger charge is 2.54. The van der Waals surface area contributed by atoms with Gasteiger partial charge in [-0.15, -0.1) is 0 Å². The molecule has 9 atom stereocenters. The van der Waals surface area contributed by atoms with Gasteiger partial charge in [-0.05, 0) is 17.5 Å². The Hall–Kier alpha value is -3.13. The molecule has 2 aliphatic rings. The molecule has 34 heavy (non-hydrogen) atoms. The molecule has 0 aromatic rings. The average Bonchev–Trinajstić information content (AvgIpc) is 3.04. The highest BCUT2D eigenvalue weighted by atomic mass is 16.7. The van der Waals surface area contributed by atoms with E-state index < -0.39 is 73.2 Å². The molecule has 188 valence electrons. The van der Waals surface area contributed by atoms with Crippen LogP contribution >= 0.6 is 0 Å². The molecule has 0 saturated carbocycles. The van der Waals surface area contributed by atoms with Crippen molar-refractivity contribution in [2.24, 2.45) is 10.2 Å². The summed E-state index contributed by atoms with van der Waals surface area (Å²) in [5.74, 6) is -2.25. The van der Waals surface area contributed by atoms with E-state index in [1.54, 1.807) is 6.92 Å². The number of azide groups is 2. The Morgan fingerprint density at radius 2 is 1.47 bits per heavy atom. The first kappa shape index (κ1) is 27.1. The van der Waals surface area contributed by atoms with Crippen LogP contribution in [0.3, 0.4) is 0 Å². The van der Waals surface area contributed by atoms with E-state index in [2.05, 4.69) is 20.1 Å². The highest BCUT2D eigenvalue weighted by Crippen LogP contribution is 2.34. The molecule has 0 bridgehead atoms. The molecule has 2 aliphatic heterocycles. The van der Waals surface area contributed by atoms with Crippen LogP contribution in [0.25, 0.3) is 20.9 Å². The molecular weight excluding hydrogens is 460 g/mol. The van der Waals surface area contributed by atoms with Crippen LogP contribution in [0.5, 0.6) is 0 Å². The van der Waals surface area contributed by atoms with Gasteiger partial charge < -0.3 is 33.5 Å². The van der Waals surface area contributed by atoms with E-state index in [9.17, 15) is 19.5 Å². The van der Waals surface area contributed by atoms with Crippen LogP contribution in [0.4, 0.5) is 0 Å². The van der Waals surface area contributed by atoms with Gasteiger partial charge in [0, 0.05) is 30.6 Å². The summed E-state index contributed by atoms with van der Waals surface area (Å²) in [5.41, 5.74) is 17.9. The zero-order chi connectivity index (χ0) is 25.4. The molecule has 0 spiro atoms. The van der Waals surface area contributed by atoms with Gasteiger partial charge in [0.2, 0.25) is 0 Å². The molecular formula is C18H26N6O10. The predicted octanol–water partition coefficient (Wildman–Crippen LogP) is 1.01. The number of hydrogen-bond acceptors (Lipinski definition) is 12. The molecule has 0 radical (unpaired) electrons. The second-order valence-corrected chi connectivity index (χ2v) is 7.45. The number of esters is 3. The Morgan fingerprint density at radius 1 is 0.882 bits per heavy atom. The van der Waals surface area contributed by atoms with Crippen molar-refractivity contribution in [3.05, 3.63) is 20.9 Å². The molecule has 2 heterocycles. The van der Waals surface area contributed by atoms with Crippen LogP contribution in [-0.2, 0) is 42.8 Å². The zero-order valence-corrected chi connectivity index (χ0v) is 18.9. The van der Waals surface area contributed by atoms with E-state index in [0.717, 1.165) is 20.8 Å². The average molecular weight is 486 g/mol. The third-order valence-corrected chi connectivity index (χ3v) is 5.01. The van der Waals surface area contributed by atoms with Crippen LogP contribution in [0.15, 0.2) is 10.2 Å². The van der Waals surface area contributed by atoms with Gasteiger partial charge in [-0.2, -0.15) is 0 Å². The summed E-state index contributed by atoms with van der Waals surface area (Å²) < 4.78 is 32.9. The fraction of sp³-hybridized carbons (Fsp3) is 0.833. The Bertz CT molecular complexity index is 860. The SMILES string of the molecule is CC[C@H]1O[C@@H](O)[C@H](OC(C)=O)[C@@H]1O[C@H]1O[C@@H](CN=[N+]=[N-])[C@@H](OC(C)=O)[C@H](OC(C)=O)[C@H]1N=[N+]=[N-]. The Balaban J connectivity index is 2.47. The molecule has 2 saturated heterocycles. The molecule has 0 unspecified atom stereocenters. The van der Waals surface area contributed by atoms with Crippen LogP contribution in [0.2, 0.25) is 0 Å². The van der Waals surface area contributed by atoms with Crippen molar-refractivity contribution in [3.63, 3.8) is 0 Å². The third kappa shape index (κ3) is 6.70. The lowest BCUT2D eigenvalue weighted by molar-refractivity contribution is -0.284. The minimum atomic E-state index is -1.50. The van der Waals surface area contributed by atoms with E-state index in [1.807, 2.05) is 0 Å². The maximum atomic E-state index is 11.8. The lowest BCUT2D eigenvalue weighted by Gasteiger charge is -2.44. The number of nitrogens with zero attached hydrogens (tertiary/aromatic N) is 6. The monoisotopic (exact) mass is 486 g/mol. The van der Waals surface area contributed by atoms with E-state index in [0.29, 0.717) is 6.42 Å². The van der Waals surface area contributed by atoms with Crippen molar-refractivity contribution in [1.82, 2.24) is 0 Å². The maximum Gasteiger partial charge on any atom is 0.303 e. The van der Waals surface area contributed by atoms with E-state index in [-0.39, 0.29) is 6.54 Å². The number of carbonyl (C=O) groups excluding carboxylic acids is 3. The third-order valence-electron chi connectivity index (χ3n) is 5.01. The van der Waals surface area contributed by atoms with Crippen molar-refractivity contribution >= 4 is 17.9 Å². The summed E-state index contributed by atoms with van der Waals surface area (Å²) in [4.78, 5) is 40.5. The number of rotatable bonds is 9. The highest BCUT2D eigenvalue weighted by molar-refractivity contribution is 5.67. The standard InChI is InChI=1S/C18H26N6O10/c1-5-10-13(16(17(28)32-10)31-9(4)27)34-18-12(22-24-20)15(30-8(3)26)14(29-7(2)25)11(33-18)6-21-23-19/h10-18,28H,5-6H2,1-4H3/t10-,11+,12-,13-,14-,15-,16-,17-,18-/m1/s1. The quantitative estimate of drug-likeness (QED) is 0.160. The van der Waals surface area contributed by atoms with Gasteiger partial charge in [0.15, 0.2) is 30.9 Å². The predicted molar refractivity (Wildman–Crippen MR) is 108 cm³/mol. The van der Waals surface area contributed by atoms with Crippen molar-refractivity contribution in [2.75, 3.05) is 6.54 Å². The second kappa shape index (κ2) is 12.4. The number of hydrogen-bond donors (Lipinski definition) is 1. The molecule has 0 aromatic heterocycles. The molecule has 2 fully saturated rings. The number of carbonyl (C=O) groups is 3. The molecule has 16 nitrogen and oxygen atoms in total.